The fourth-order valence-corrected chi connectivity index (χ4v) is 5.99. The van der Waals surface area contributed by atoms with Gasteiger partial charge in [-0.2, -0.15) is 0 Å². The van der Waals surface area contributed by atoms with Gasteiger partial charge in [-0.3, -0.25) is 13.9 Å². The number of ether oxygens (including phenoxy) is 1. The van der Waals surface area contributed by atoms with Crippen LogP contribution < -0.4 is 14.4 Å². The normalized spacial score (nSPS) is 12.1. The molecule has 1 N–H and O–H groups in total. The van der Waals surface area contributed by atoms with E-state index in [2.05, 4.69) is 5.32 Å². The zero-order chi connectivity index (χ0) is 29.4. The molecule has 40 heavy (non-hydrogen) atoms. The minimum atomic E-state index is -4.20. The topological polar surface area (TPSA) is 96.0 Å². The Labute approximate surface area is 241 Å². The smallest absolute Gasteiger partial charge is 0.264 e. The van der Waals surface area contributed by atoms with Crippen LogP contribution in [0.1, 0.15) is 38.3 Å². The summed E-state index contributed by atoms with van der Waals surface area (Å²) < 4.78 is 34.2. The van der Waals surface area contributed by atoms with Gasteiger partial charge >= 0.3 is 0 Å². The van der Waals surface area contributed by atoms with E-state index in [1.54, 1.807) is 61.7 Å². The molecule has 214 valence electrons. The molecule has 3 rings (SSSR count). The summed E-state index contributed by atoms with van der Waals surface area (Å²) in [6.45, 7) is 6.86. The van der Waals surface area contributed by atoms with E-state index in [1.807, 2.05) is 33.8 Å². The van der Waals surface area contributed by atoms with Crippen LogP contribution in [-0.4, -0.2) is 50.9 Å². The Morgan fingerprint density at radius 1 is 1.00 bits per heavy atom. The number of nitrogens with one attached hydrogen (secondary N) is 1. The van der Waals surface area contributed by atoms with Crippen molar-refractivity contribution in [1.82, 2.24) is 10.2 Å². The zero-order valence-corrected chi connectivity index (χ0v) is 25.0. The number of nitrogens with zero attached hydrogens (tertiary/aromatic N) is 2. The molecule has 1 atom stereocenters. The number of benzene rings is 3. The van der Waals surface area contributed by atoms with Gasteiger partial charge in [0.2, 0.25) is 11.8 Å². The highest BCUT2D eigenvalue weighted by Crippen LogP contribution is 2.31. The van der Waals surface area contributed by atoms with Gasteiger partial charge < -0.3 is 15.0 Å². The second kappa shape index (κ2) is 13.7. The monoisotopic (exact) mass is 585 g/mol. The number of hydrogen-bond donors (Lipinski definition) is 1. The fraction of sp³-hybridized carbons (Fsp3) is 0.333. The van der Waals surface area contributed by atoms with Crippen LogP contribution in [0.25, 0.3) is 0 Å². The lowest BCUT2D eigenvalue weighted by Gasteiger charge is -2.33. The van der Waals surface area contributed by atoms with Crippen LogP contribution in [0.15, 0.2) is 77.7 Å². The predicted molar refractivity (Wildman–Crippen MR) is 158 cm³/mol. The summed E-state index contributed by atoms with van der Waals surface area (Å²) in [4.78, 5) is 28.7. The van der Waals surface area contributed by atoms with Crippen molar-refractivity contribution < 1.29 is 22.7 Å². The number of halogens is 1. The van der Waals surface area contributed by atoms with Crippen LogP contribution in [0.3, 0.4) is 0 Å². The Kier molecular flexibility index (Phi) is 10.6. The number of sulfonamides is 1. The highest BCUT2D eigenvalue weighted by Gasteiger charge is 2.34. The summed E-state index contributed by atoms with van der Waals surface area (Å²) in [6.07, 6.45) is 0.324. The average molecular weight is 586 g/mol. The van der Waals surface area contributed by atoms with Crippen molar-refractivity contribution in [3.8, 4) is 5.75 Å². The van der Waals surface area contributed by atoms with Crippen LogP contribution in [0, 0.1) is 6.92 Å². The second-order valence-electron chi connectivity index (χ2n) is 9.74. The molecule has 0 heterocycles. The maximum Gasteiger partial charge on any atom is 0.264 e. The van der Waals surface area contributed by atoms with E-state index >= 15 is 0 Å². The number of carbonyl (C=O) groups is 2. The number of carbonyl (C=O) groups excluding carboxylic acids is 2. The van der Waals surface area contributed by atoms with E-state index in [0.29, 0.717) is 12.2 Å². The molecule has 2 amide bonds. The van der Waals surface area contributed by atoms with E-state index in [0.717, 1.165) is 15.4 Å². The van der Waals surface area contributed by atoms with Crippen LogP contribution >= 0.6 is 11.6 Å². The minimum Gasteiger partial charge on any atom is -0.497 e. The number of amides is 2. The molecule has 3 aromatic rings. The lowest BCUT2D eigenvalue weighted by atomic mass is 10.1. The van der Waals surface area contributed by atoms with Gasteiger partial charge in [-0.05, 0) is 69.2 Å². The Bertz CT molecular complexity index is 1430. The summed E-state index contributed by atoms with van der Waals surface area (Å²) in [5.74, 6) is -0.271. The largest absolute Gasteiger partial charge is 0.497 e. The van der Waals surface area contributed by atoms with Gasteiger partial charge in [0.05, 0.1) is 22.7 Å². The lowest BCUT2D eigenvalue weighted by molar-refractivity contribution is -0.140. The van der Waals surface area contributed by atoms with E-state index in [4.69, 9.17) is 16.3 Å². The second-order valence-corrected chi connectivity index (χ2v) is 12.0. The summed E-state index contributed by atoms with van der Waals surface area (Å²) in [5.41, 5.74) is 1.79. The number of methoxy groups -OCH3 is 1. The van der Waals surface area contributed by atoms with Crippen LogP contribution in [0.2, 0.25) is 5.02 Å². The molecule has 0 aromatic heterocycles. The van der Waals surface area contributed by atoms with Gasteiger partial charge in [0, 0.05) is 12.6 Å². The zero-order valence-electron chi connectivity index (χ0n) is 23.4. The summed E-state index contributed by atoms with van der Waals surface area (Å²) in [5, 5.41) is 3.06. The van der Waals surface area contributed by atoms with Crippen molar-refractivity contribution in [2.45, 2.75) is 57.6 Å². The standard InChI is InChI=1S/C30H36ClN3O5S/c1-6-27(30(36)32-21(2)3)33(19-23-10-9-11-24(18-23)39-5)29(35)20-34(28-13-8-7-12-26(28)31)40(37,38)25-16-14-22(4)15-17-25/h7-18,21,27H,6,19-20H2,1-5H3,(H,32,36). The molecular weight excluding hydrogens is 550 g/mol. The highest BCUT2D eigenvalue weighted by atomic mass is 35.5. The van der Waals surface area contributed by atoms with Gasteiger partial charge in [0.15, 0.2) is 0 Å². The van der Waals surface area contributed by atoms with Crippen LogP contribution in [-0.2, 0) is 26.2 Å². The first-order valence-corrected chi connectivity index (χ1v) is 14.9. The van der Waals surface area contributed by atoms with Gasteiger partial charge in [0.1, 0.15) is 18.3 Å². The van der Waals surface area contributed by atoms with Crippen molar-refractivity contribution >= 4 is 39.1 Å². The molecule has 0 aliphatic heterocycles. The molecule has 0 aliphatic carbocycles. The molecular formula is C30H36ClN3O5S. The highest BCUT2D eigenvalue weighted by molar-refractivity contribution is 7.92. The van der Waals surface area contributed by atoms with Crippen molar-refractivity contribution in [2.24, 2.45) is 0 Å². The number of anilines is 1. The van der Waals surface area contributed by atoms with Gasteiger partial charge in [-0.15, -0.1) is 0 Å². The van der Waals surface area contributed by atoms with E-state index in [-0.39, 0.29) is 34.1 Å². The Morgan fingerprint density at radius 3 is 2.27 bits per heavy atom. The van der Waals surface area contributed by atoms with E-state index in [1.165, 1.54) is 17.0 Å². The van der Waals surface area contributed by atoms with Gasteiger partial charge in [0.25, 0.3) is 10.0 Å². The number of aryl methyl sites for hydroxylation is 1. The Morgan fingerprint density at radius 2 is 1.68 bits per heavy atom. The molecule has 0 saturated heterocycles. The molecule has 0 fully saturated rings. The predicted octanol–water partition coefficient (Wildman–Crippen LogP) is 5.18. The van der Waals surface area contributed by atoms with Gasteiger partial charge in [-0.1, -0.05) is 60.5 Å². The maximum absolute atomic E-state index is 14.1. The Hall–Kier alpha value is -3.56. The third kappa shape index (κ3) is 7.55. The fourth-order valence-electron chi connectivity index (χ4n) is 4.27. The van der Waals surface area contributed by atoms with Gasteiger partial charge in [-0.25, -0.2) is 8.42 Å². The SMILES string of the molecule is CCC(C(=O)NC(C)C)N(Cc1cccc(OC)c1)C(=O)CN(c1ccccc1Cl)S(=O)(=O)c1ccc(C)cc1. The minimum absolute atomic E-state index is 0.0229. The summed E-state index contributed by atoms with van der Waals surface area (Å²) in [6, 6.07) is 19.0. The molecule has 3 aromatic carbocycles. The molecule has 0 spiro atoms. The summed E-state index contributed by atoms with van der Waals surface area (Å²) in [7, 11) is -2.65. The number of rotatable bonds is 12. The number of para-hydroxylation sites is 1. The van der Waals surface area contributed by atoms with E-state index in [9.17, 15) is 18.0 Å². The Balaban J connectivity index is 2.08. The molecule has 0 saturated carbocycles. The first-order valence-electron chi connectivity index (χ1n) is 13.0. The van der Waals surface area contributed by atoms with Crippen LogP contribution in [0.4, 0.5) is 5.69 Å². The first-order chi connectivity index (χ1) is 19.0. The molecule has 10 heteroatoms. The van der Waals surface area contributed by atoms with Crippen molar-refractivity contribution in [1.29, 1.82) is 0 Å². The average Bonchev–Trinajstić information content (AvgIpc) is 2.92. The molecule has 0 radical (unpaired) electrons. The molecule has 0 aliphatic rings. The summed E-state index contributed by atoms with van der Waals surface area (Å²) >= 11 is 6.45. The first kappa shape index (κ1) is 31.0. The van der Waals surface area contributed by atoms with Crippen molar-refractivity contribution in [3.63, 3.8) is 0 Å². The van der Waals surface area contributed by atoms with Crippen molar-refractivity contribution in [3.05, 3.63) is 88.9 Å². The van der Waals surface area contributed by atoms with Crippen LogP contribution in [0.5, 0.6) is 5.75 Å². The van der Waals surface area contributed by atoms with E-state index < -0.39 is 28.5 Å². The molecule has 0 bridgehead atoms. The maximum atomic E-state index is 14.1. The van der Waals surface area contributed by atoms with Crippen molar-refractivity contribution in [2.75, 3.05) is 18.0 Å². The molecule has 1 unspecified atom stereocenters. The third-order valence-electron chi connectivity index (χ3n) is 6.31. The molecule has 8 nitrogen and oxygen atoms in total. The quantitative estimate of drug-likeness (QED) is 0.316. The number of hydrogen-bond acceptors (Lipinski definition) is 5. The third-order valence-corrected chi connectivity index (χ3v) is 8.41. The lowest BCUT2D eigenvalue weighted by Crippen LogP contribution is -2.53.